The van der Waals surface area contributed by atoms with Crippen LogP contribution in [0.15, 0.2) is 48.5 Å². The average Bonchev–Trinajstić information content (AvgIpc) is 2.65. The molecule has 1 N–H and O–H groups in total. The molecule has 0 aromatic heterocycles. The van der Waals surface area contributed by atoms with Crippen LogP contribution in [0.1, 0.15) is 66.7 Å². The van der Waals surface area contributed by atoms with Crippen molar-refractivity contribution < 1.29 is 4.79 Å². The smallest absolute Gasteiger partial charge is 0.220 e. The van der Waals surface area contributed by atoms with Crippen LogP contribution in [-0.4, -0.2) is 12.5 Å². The summed E-state index contributed by atoms with van der Waals surface area (Å²) in [6.07, 6.45) is 3.85. The second-order valence-electron chi connectivity index (χ2n) is 7.19. The van der Waals surface area contributed by atoms with Crippen LogP contribution in [0.5, 0.6) is 0 Å². The highest BCUT2D eigenvalue weighted by Crippen LogP contribution is 2.55. The van der Waals surface area contributed by atoms with Crippen LogP contribution in [0.25, 0.3) is 0 Å². The van der Waals surface area contributed by atoms with E-state index in [1.54, 1.807) is 0 Å². The van der Waals surface area contributed by atoms with Gasteiger partial charge in [0.15, 0.2) is 0 Å². The van der Waals surface area contributed by atoms with Crippen molar-refractivity contribution in [3.05, 3.63) is 70.8 Å². The van der Waals surface area contributed by atoms with E-state index in [4.69, 9.17) is 0 Å². The van der Waals surface area contributed by atoms with Gasteiger partial charge < -0.3 is 5.32 Å². The monoisotopic (exact) mass is 319 g/mol. The number of amides is 1. The van der Waals surface area contributed by atoms with Gasteiger partial charge in [0.05, 0.1) is 0 Å². The quantitative estimate of drug-likeness (QED) is 0.858. The van der Waals surface area contributed by atoms with Gasteiger partial charge in [0.1, 0.15) is 0 Å². The van der Waals surface area contributed by atoms with Gasteiger partial charge in [-0.15, -0.1) is 0 Å². The molecule has 3 aliphatic carbocycles. The topological polar surface area (TPSA) is 29.1 Å². The lowest BCUT2D eigenvalue weighted by atomic mass is 9.59. The Balaban J connectivity index is 1.60. The molecule has 0 unspecified atom stereocenters. The first-order valence-electron chi connectivity index (χ1n) is 9.24. The summed E-state index contributed by atoms with van der Waals surface area (Å²) in [6.45, 7) is 2.92. The zero-order chi connectivity index (χ0) is 16.5. The normalized spacial score (nSPS) is 23.5. The Morgan fingerprint density at radius 3 is 2.17 bits per heavy atom. The van der Waals surface area contributed by atoms with Gasteiger partial charge >= 0.3 is 0 Å². The average molecular weight is 319 g/mol. The predicted molar refractivity (Wildman–Crippen MR) is 97.2 cm³/mol. The fraction of sp³-hybridized carbons (Fsp3) is 0.409. The molecule has 0 radical (unpaired) electrons. The number of nitrogens with one attached hydrogen (secondary N) is 1. The molecule has 5 rings (SSSR count). The lowest BCUT2D eigenvalue weighted by molar-refractivity contribution is -0.121. The lowest BCUT2D eigenvalue weighted by Gasteiger charge is -2.45. The molecule has 0 heterocycles. The van der Waals surface area contributed by atoms with Gasteiger partial charge in [0.25, 0.3) is 0 Å². The molecule has 2 nitrogen and oxygen atoms in total. The summed E-state index contributed by atoms with van der Waals surface area (Å²) < 4.78 is 0. The number of hydrogen-bond donors (Lipinski definition) is 1. The maximum absolute atomic E-state index is 12.0. The molecule has 1 atom stereocenters. The van der Waals surface area contributed by atoms with Gasteiger partial charge in [-0.3, -0.25) is 4.79 Å². The van der Waals surface area contributed by atoms with Crippen molar-refractivity contribution in [3.8, 4) is 0 Å². The van der Waals surface area contributed by atoms with Crippen molar-refractivity contribution in [2.45, 2.75) is 44.4 Å². The standard InChI is InChI=1S/C22H25NO/c1-2-3-12-21(24)23-14-15-13-20-16-8-4-6-10-18(16)22(15)19-11-7-5-9-17(19)20/h4-11,15,20,22H,2-3,12-14H2,1H3,(H,23,24)/t15-,20?,22?/m1/s1. The first-order valence-corrected chi connectivity index (χ1v) is 9.24. The molecule has 24 heavy (non-hydrogen) atoms. The van der Waals surface area contributed by atoms with Crippen LogP contribution in [0.2, 0.25) is 0 Å². The summed E-state index contributed by atoms with van der Waals surface area (Å²) in [5, 5.41) is 3.19. The first kappa shape index (κ1) is 15.4. The molecule has 0 aliphatic heterocycles. The van der Waals surface area contributed by atoms with E-state index in [1.807, 2.05) is 0 Å². The third-order valence-corrected chi connectivity index (χ3v) is 5.74. The second kappa shape index (κ2) is 6.43. The summed E-state index contributed by atoms with van der Waals surface area (Å²) in [4.78, 5) is 12.0. The van der Waals surface area contributed by atoms with Crippen LogP contribution in [0.3, 0.4) is 0 Å². The Morgan fingerprint density at radius 2 is 1.58 bits per heavy atom. The number of unbranched alkanes of at least 4 members (excludes halogenated alkanes) is 1. The molecule has 0 spiro atoms. The third-order valence-electron chi connectivity index (χ3n) is 5.74. The highest BCUT2D eigenvalue weighted by atomic mass is 16.1. The summed E-state index contributed by atoms with van der Waals surface area (Å²) >= 11 is 0. The molecular weight excluding hydrogens is 294 g/mol. The van der Waals surface area contributed by atoms with Crippen molar-refractivity contribution in [2.24, 2.45) is 5.92 Å². The minimum absolute atomic E-state index is 0.208. The van der Waals surface area contributed by atoms with E-state index in [9.17, 15) is 4.79 Å². The van der Waals surface area contributed by atoms with Crippen LogP contribution < -0.4 is 5.32 Å². The molecule has 2 aromatic carbocycles. The summed E-state index contributed by atoms with van der Waals surface area (Å²) in [5.74, 6) is 1.62. The van der Waals surface area contributed by atoms with E-state index in [-0.39, 0.29) is 5.91 Å². The molecule has 3 aliphatic rings. The van der Waals surface area contributed by atoms with Gasteiger partial charge in [-0.2, -0.15) is 0 Å². The lowest BCUT2D eigenvalue weighted by Crippen LogP contribution is -2.39. The molecule has 2 bridgehead atoms. The van der Waals surface area contributed by atoms with Crippen LogP contribution in [-0.2, 0) is 4.79 Å². The van der Waals surface area contributed by atoms with E-state index in [2.05, 4.69) is 60.8 Å². The van der Waals surface area contributed by atoms with Gasteiger partial charge in [0, 0.05) is 24.8 Å². The number of rotatable bonds is 5. The Hall–Kier alpha value is -2.09. The van der Waals surface area contributed by atoms with E-state index >= 15 is 0 Å². The second-order valence-corrected chi connectivity index (χ2v) is 7.19. The highest BCUT2D eigenvalue weighted by molar-refractivity contribution is 5.75. The highest BCUT2D eigenvalue weighted by Gasteiger charge is 2.42. The minimum atomic E-state index is 0.208. The molecule has 0 fully saturated rings. The van der Waals surface area contributed by atoms with Crippen molar-refractivity contribution in [3.63, 3.8) is 0 Å². The molecule has 1 amide bonds. The predicted octanol–water partition coefficient (Wildman–Crippen LogP) is 4.59. The van der Waals surface area contributed by atoms with E-state index in [1.165, 1.54) is 22.3 Å². The van der Waals surface area contributed by atoms with Gasteiger partial charge in [-0.25, -0.2) is 0 Å². The van der Waals surface area contributed by atoms with Crippen LogP contribution in [0.4, 0.5) is 0 Å². The number of hydrogen-bond acceptors (Lipinski definition) is 1. The SMILES string of the molecule is CCCCC(=O)NC[C@H]1CC2c3ccccc3C1c1ccccc12. The van der Waals surface area contributed by atoms with Gasteiger partial charge in [0.2, 0.25) is 5.91 Å². The molecule has 124 valence electrons. The first-order chi connectivity index (χ1) is 11.8. The summed E-state index contributed by atoms with van der Waals surface area (Å²) in [6, 6.07) is 17.8. The minimum Gasteiger partial charge on any atom is -0.356 e. The largest absolute Gasteiger partial charge is 0.356 e. The summed E-state index contributed by atoms with van der Waals surface area (Å²) in [5.41, 5.74) is 5.94. The Kier molecular flexibility index (Phi) is 4.13. The molecular formula is C22H25NO. The zero-order valence-corrected chi connectivity index (χ0v) is 14.3. The number of fused-ring (bicyclic) bond motifs is 1. The van der Waals surface area contributed by atoms with Crippen molar-refractivity contribution in [2.75, 3.05) is 6.54 Å². The van der Waals surface area contributed by atoms with Crippen LogP contribution >= 0.6 is 0 Å². The molecule has 0 saturated carbocycles. The number of carbonyl (C=O) groups excluding carboxylic acids is 1. The number of carbonyl (C=O) groups is 1. The zero-order valence-electron chi connectivity index (χ0n) is 14.3. The third kappa shape index (κ3) is 2.54. The van der Waals surface area contributed by atoms with E-state index in [0.717, 1.165) is 25.8 Å². The Bertz CT molecular complexity index is 704. The van der Waals surface area contributed by atoms with E-state index < -0.39 is 0 Å². The molecule has 0 saturated heterocycles. The maximum Gasteiger partial charge on any atom is 0.220 e. The Labute approximate surface area is 144 Å². The fourth-order valence-electron chi connectivity index (χ4n) is 4.63. The van der Waals surface area contributed by atoms with Crippen LogP contribution in [0, 0.1) is 5.92 Å². The van der Waals surface area contributed by atoms with Gasteiger partial charge in [-0.1, -0.05) is 61.9 Å². The fourth-order valence-corrected chi connectivity index (χ4v) is 4.63. The van der Waals surface area contributed by atoms with Crippen molar-refractivity contribution in [1.29, 1.82) is 0 Å². The molecule has 2 heteroatoms. The van der Waals surface area contributed by atoms with Gasteiger partial charge in [-0.05, 0) is 41.0 Å². The van der Waals surface area contributed by atoms with E-state index in [0.29, 0.717) is 24.2 Å². The van der Waals surface area contributed by atoms with Crippen molar-refractivity contribution in [1.82, 2.24) is 5.32 Å². The number of benzene rings is 2. The molecule has 2 aromatic rings. The maximum atomic E-state index is 12.0. The summed E-state index contributed by atoms with van der Waals surface area (Å²) in [7, 11) is 0. The van der Waals surface area contributed by atoms with Crippen molar-refractivity contribution >= 4 is 5.91 Å². The Morgan fingerprint density at radius 1 is 1.00 bits per heavy atom.